The van der Waals surface area contributed by atoms with Crippen LogP contribution in [-0.4, -0.2) is 31.5 Å². The molecule has 7 nitrogen and oxygen atoms in total. The zero-order chi connectivity index (χ0) is 15.5. The average Bonchev–Trinajstić information content (AvgIpc) is 2.30. The van der Waals surface area contributed by atoms with Crippen LogP contribution in [0.4, 0.5) is 5.69 Å². The highest BCUT2D eigenvalue weighted by molar-refractivity contribution is 14.1. The van der Waals surface area contributed by atoms with E-state index in [0.29, 0.717) is 0 Å². The molecule has 9 heteroatoms. The summed E-state index contributed by atoms with van der Waals surface area (Å²) in [5.74, 6) is -2.98. The lowest BCUT2D eigenvalue weighted by molar-refractivity contribution is -0.137. The van der Waals surface area contributed by atoms with Crippen LogP contribution in [0.2, 0.25) is 0 Å². The molecule has 0 spiro atoms. The van der Waals surface area contributed by atoms with Gasteiger partial charge in [-0.2, -0.15) is 0 Å². The Morgan fingerprint density at radius 2 is 2.00 bits per heavy atom. The van der Waals surface area contributed by atoms with Crippen LogP contribution >= 0.6 is 23.0 Å². The second-order valence-electron chi connectivity index (χ2n) is 4.09. The number of rotatable bonds is 5. The summed E-state index contributed by atoms with van der Waals surface area (Å²) in [5, 5.41) is 9.76. The molecule has 0 aromatic heterocycles. The number of phenols is 1. The number of phenolic OH excluding ortho intramolecular Hbond substituents is 1. The molecule has 0 saturated carbocycles. The summed E-state index contributed by atoms with van der Waals surface area (Å²) in [5.41, 5.74) is 0.112. The fraction of sp³-hybridized carbons (Fsp3) is 0.273. The van der Waals surface area contributed by atoms with Crippen molar-refractivity contribution >= 4 is 50.5 Å². The first-order valence-electron chi connectivity index (χ1n) is 5.29. The van der Waals surface area contributed by atoms with E-state index in [1.165, 1.54) is 48.1 Å². The molecule has 0 bridgehead atoms. The van der Waals surface area contributed by atoms with Crippen molar-refractivity contribution in [3.05, 3.63) is 23.8 Å². The van der Waals surface area contributed by atoms with E-state index < -0.39 is 27.7 Å². The normalized spacial score (nSPS) is 12.6. The number of aromatic hydroxyl groups is 1. The summed E-state index contributed by atoms with van der Waals surface area (Å²) >= 11 is 1.34. The summed E-state index contributed by atoms with van der Waals surface area (Å²) in [4.78, 5) is 23.1. The molecule has 2 N–H and O–H groups in total. The van der Waals surface area contributed by atoms with Crippen molar-refractivity contribution in [1.82, 2.24) is 0 Å². The van der Waals surface area contributed by atoms with E-state index in [1.54, 1.807) is 0 Å². The summed E-state index contributed by atoms with van der Waals surface area (Å²) in [6, 6.07) is 3.72. The molecule has 0 saturated heterocycles. The molecule has 1 aromatic carbocycles. The predicted octanol–water partition coefficient (Wildman–Crippen LogP) is 1.33. The third-order valence-electron chi connectivity index (χ3n) is 2.36. The molecule has 1 rings (SSSR count). The van der Waals surface area contributed by atoms with Gasteiger partial charge in [-0.3, -0.25) is 14.3 Å². The number of anilines is 1. The smallest absolute Gasteiger partial charge is 0.330 e. The molecule has 1 unspecified atom stereocenters. The Kier molecular flexibility index (Phi) is 5.34. The van der Waals surface area contributed by atoms with Gasteiger partial charge < -0.3 is 8.17 Å². The number of carbonyl (C=O) groups excluding carboxylic acids is 2. The Balaban J connectivity index is 3.31. The Morgan fingerprint density at radius 1 is 1.40 bits per heavy atom. The minimum atomic E-state index is -3.51. The van der Waals surface area contributed by atoms with E-state index in [1.807, 2.05) is 0 Å². The van der Waals surface area contributed by atoms with Crippen LogP contribution in [0.5, 0.6) is 5.75 Å². The Bertz CT molecular complexity index is 642. The summed E-state index contributed by atoms with van der Waals surface area (Å²) in [7, 11) is -3.51. The molecule has 110 valence electrons. The van der Waals surface area contributed by atoms with Crippen molar-refractivity contribution in [3.63, 3.8) is 0 Å². The number of hydrogen-bond donors (Lipinski definition) is 2. The Labute approximate surface area is 130 Å². The molecule has 0 aliphatic rings. The Morgan fingerprint density at radius 3 is 2.45 bits per heavy atom. The van der Waals surface area contributed by atoms with Gasteiger partial charge in [0.05, 0.1) is 6.26 Å². The maximum Gasteiger partial charge on any atom is 0.330 e. The average molecular weight is 413 g/mol. The molecule has 0 aliphatic carbocycles. The third kappa shape index (κ3) is 4.34. The number of benzene rings is 1. The highest BCUT2D eigenvalue weighted by atomic mass is 127. The van der Waals surface area contributed by atoms with Gasteiger partial charge in [0.1, 0.15) is 17.5 Å². The van der Waals surface area contributed by atoms with Gasteiger partial charge in [-0.05, 0) is 25.1 Å². The van der Waals surface area contributed by atoms with Crippen LogP contribution in [0.3, 0.4) is 0 Å². The fourth-order valence-electron chi connectivity index (χ4n) is 1.62. The lowest BCUT2D eigenvalue weighted by Crippen LogP contribution is -2.20. The van der Waals surface area contributed by atoms with Gasteiger partial charge in [-0.15, -0.1) is 0 Å². The molecule has 1 atom stereocenters. The molecule has 0 radical (unpaired) electrons. The van der Waals surface area contributed by atoms with Crippen LogP contribution < -0.4 is 4.72 Å². The van der Waals surface area contributed by atoms with E-state index >= 15 is 0 Å². The lowest BCUT2D eigenvalue weighted by Gasteiger charge is -2.14. The van der Waals surface area contributed by atoms with Gasteiger partial charge in [-0.1, -0.05) is 0 Å². The van der Waals surface area contributed by atoms with E-state index in [2.05, 4.69) is 7.79 Å². The molecule has 0 fully saturated rings. The fourth-order valence-corrected chi connectivity index (χ4v) is 2.43. The molecule has 0 amide bonds. The zero-order valence-electron chi connectivity index (χ0n) is 10.6. The van der Waals surface area contributed by atoms with Crippen LogP contribution in [0.25, 0.3) is 0 Å². The van der Waals surface area contributed by atoms with Gasteiger partial charge in [0.2, 0.25) is 10.0 Å². The maximum absolute atomic E-state index is 11.6. The topological polar surface area (TPSA) is 110 Å². The molecular weight excluding hydrogens is 401 g/mol. The quantitative estimate of drug-likeness (QED) is 0.428. The van der Waals surface area contributed by atoms with Crippen molar-refractivity contribution in [2.75, 3.05) is 11.0 Å². The maximum atomic E-state index is 11.6. The monoisotopic (exact) mass is 413 g/mol. The van der Waals surface area contributed by atoms with Crippen molar-refractivity contribution in [2.24, 2.45) is 0 Å². The van der Waals surface area contributed by atoms with Crippen molar-refractivity contribution in [1.29, 1.82) is 0 Å². The lowest BCUT2D eigenvalue weighted by atomic mass is 9.94. The highest BCUT2D eigenvalue weighted by Gasteiger charge is 2.29. The first-order valence-corrected chi connectivity index (χ1v) is 8.06. The molecular formula is C11H12INO6S. The minimum absolute atomic E-state index is 0.0205. The first-order chi connectivity index (χ1) is 9.15. The summed E-state index contributed by atoms with van der Waals surface area (Å²) in [6.07, 6.45) is 0.959. The predicted molar refractivity (Wildman–Crippen MR) is 80.1 cm³/mol. The van der Waals surface area contributed by atoms with Crippen molar-refractivity contribution < 1.29 is 26.2 Å². The number of nitrogens with one attached hydrogen (secondary N) is 1. The number of Topliss-reactive ketones (excluding diaryl/α,β-unsaturated/α-hetero) is 1. The van der Waals surface area contributed by atoms with E-state index in [0.717, 1.165) is 6.26 Å². The first kappa shape index (κ1) is 16.7. The van der Waals surface area contributed by atoms with E-state index in [-0.39, 0.29) is 17.0 Å². The van der Waals surface area contributed by atoms with Gasteiger partial charge in [0.25, 0.3) is 0 Å². The number of ketones is 1. The second kappa shape index (κ2) is 6.39. The van der Waals surface area contributed by atoms with E-state index in [4.69, 9.17) is 0 Å². The highest BCUT2D eigenvalue weighted by Crippen LogP contribution is 2.31. The third-order valence-corrected chi connectivity index (χ3v) is 3.40. The number of halogens is 1. The van der Waals surface area contributed by atoms with Gasteiger partial charge in [0, 0.05) is 11.3 Å². The summed E-state index contributed by atoms with van der Waals surface area (Å²) < 4.78 is 29.0. The van der Waals surface area contributed by atoms with Crippen LogP contribution in [0, 0.1) is 0 Å². The summed E-state index contributed by atoms with van der Waals surface area (Å²) in [6.45, 7) is 1.17. The number of hydrogen-bond acceptors (Lipinski definition) is 6. The van der Waals surface area contributed by atoms with Crippen molar-refractivity contribution in [3.8, 4) is 5.75 Å². The van der Waals surface area contributed by atoms with Crippen LogP contribution in [0.1, 0.15) is 18.4 Å². The van der Waals surface area contributed by atoms with Crippen LogP contribution in [-0.2, 0) is 22.7 Å². The molecule has 20 heavy (non-hydrogen) atoms. The molecule has 0 heterocycles. The minimum Gasteiger partial charge on any atom is -0.508 e. The number of carbonyl (C=O) groups is 2. The SMILES string of the molecule is CC(=O)C(C(=O)OI)c1cc(NS(C)(=O)=O)ccc1O. The Hall–Kier alpha value is -1.36. The van der Waals surface area contributed by atoms with Gasteiger partial charge in [-0.25, -0.2) is 8.42 Å². The van der Waals surface area contributed by atoms with Crippen LogP contribution in [0.15, 0.2) is 18.2 Å². The van der Waals surface area contributed by atoms with E-state index in [9.17, 15) is 23.1 Å². The standard InChI is InChI=1S/C11H12INO6S/c1-6(14)10(11(16)19-12)8-5-7(3-4-9(8)15)13-20(2,17)18/h3-5,10,13,15H,1-2H3. The largest absolute Gasteiger partial charge is 0.508 e. The molecule has 1 aromatic rings. The van der Waals surface area contributed by atoms with Crippen molar-refractivity contribution in [2.45, 2.75) is 12.8 Å². The van der Waals surface area contributed by atoms with Gasteiger partial charge >= 0.3 is 5.97 Å². The molecule has 0 aliphatic heterocycles. The second-order valence-corrected chi connectivity index (χ2v) is 6.28. The van der Waals surface area contributed by atoms with Gasteiger partial charge in [0.15, 0.2) is 23.0 Å². The zero-order valence-corrected chi connectivity index (χ0v) is 13.6. The number of sulfonamides is 1.